The number of halogens is 1. The molecule has 0 aliphatic carbocycles. The summed E-state index contributed by atoms with van der Waals surface area (Å²) in [6.07, 6.45) is 4.12. The van der Waals surface area contributed by atoms with Gasteiger partial charge in [0.15, 0.2) is 0 Å². The van der Waals surface area contributed by atoms with Crippen LogP contribution in [0.25, 0.3) is 0 Å². The number of hydrogen-bond donors (Lipinski definition) is 2. The van der Waals surface area contributed by atoms with E-state index in [1.165, 1.54) is 0 Å². The van der Waals surface area contributed by atoms with E-state index in [0.717, 1.165) is 10.0 Å². The maximum Gasteiger partial charge on any atom is 0.128 e. The summed E-state index contributed by atoms with van der Waals surface area (Å²) in [5.74, 6) is 0.484. The molecule has 0 bridgehead atoms. The van der Waals surface area contributed by atoms with E-state index >= 15 is 0 Å². The second-order valence-corrected chi connectivity index (χ2v) is 3.67. The predicted molar refractivity (Wildman–Crippen MR) is 58.1 cm³/mol. The molecule has 1 heterocycles. The fraction of sp³-hybridized carbons (Fsp3) is 0.222. The highest BCUT2D eigenvalue weighted by Crippen LogP contribution is 2.22. The third kappa shape index (κ3) is 2.54. The lowest BCUT2D eigenvalue weighted by atomic mass is 10.1. The molecule has 3 nitrogen and oxygen atoms in total. The molecule has 1 aromatic heterocycles. The molecule has 0 aromatic carbocycles. The first kappa shape index (κ1) is 10.2. The molecule has 0 aliphatic rings. The van der Waals surface area contributed by atoms with Crippen LogP contribution in [0.1, 0.15) is 18.0 Å². The van der Waals surface area contributed by atoms with Gasteiger partial charge in [0.2, 0.25) is 0 Å². The number of aromatic nitrogens is 1. The smallest absolute Gasteiger partial charge is 0.128 e. The van der Waals surface area contributed by atoms with Crippen LogP contribution >= 0.6 is 15.9 Å². The molecule has 4 heteroatoms. The number of nitrogens with two attached hydrogens (primary N) is 2. The van der Waals surface area contributed by atoms with Gasteiger partial charge in [-0.25, -0.2) is 4.98 Å². The van der Waals surface area contributed by atoms with E-state index in [2.05, 4.69) is 27.5 Å². The van der Waals surface area contributed by atoms with Crippen LogP contribution in [0.3, 0.4) is 0 Å². The summed E-state index contributed by atoms with van der Waals surface area (Å²) < 4.78 is 0.885. The van der Waals surface area contributed by atoms with Gasteiger partial charge in [0, 0.05) is 22.3 Å². The highest BCUT2D eigenvalue weighted by molar-refractivity contribution is 9.10. The summed E-state index contributed by atoms with van der Waals surface area (Å²) in [6.45, 7) is 3.63. The Labute approximate surface area is 86.0 Å². The Balaban J connectivity index is 2.97. The van der Waals surface area contributed by atoms with Crippen molar-refractivity contribution in [3.8, 4) is 0 Å². The number of pyridine rings is 1. The number of anilines is 1. The minimum atomic E-state index is -0.123. The van der Waals surface area contributed by atoms with Crippen LogP contribution in [0.15, 0.2) is 29.4 Å². The summed E-state index contributed by atoms with van der Waals surface area (Å²) in [5.41, 5.74) is 12.4. The summed E-state index contributed by atoms with van der Waals surface area (Å²) in [6, 6.07) is 1.76. The lowest BCUT2D eigenvalue weighted by Gasteiger charge is -2.11. The standard InChI is InChI=1S/C9H12BrN3/c1-2-3-8(11)7-4-6(10)5-13-9(7)12/h2,4-5,8H,1,3,11H2,(H2,12,13)/t8-/m1/s1. The normalized spacial score (nSPS) is 12.5. The third-order valence-corrected chi connectivity index (χ3v) is 2.17. The third-order valence-electron chi connectivity index (χ3n) is 1.74. The van der Waals surface area contributed by atoms with Gasteiger partial charge in [-0.15, -0.1) is 6.58 Å². The number of hydrogen-bond acceptors (Lipinski definition) is 3. The van der Waals surface area contributed by atoms with Crippen LogP contribution in [0.2, 0.25) is 0 Å². The van der Waals surface area contributed by atoms with Crippen molar-refractivity contribution < 1.29 is 0 Å². The first-order valence-corrected chi connectivity index (χ1v) is 4.72. The molecule has 1 atom stereocenters. The van der Waals surface area contributed by atoms with Gasteiger partial charge in [-0.1, -0.05) is 6.08 Å². The molecule has 1 aromatic rings. The lowest BCUT2D eigenvalue weighted by molar-refractivity contribution is 0.740. The first-order chi connectivity index (χ1) is 6.15. The number of nitrogen functional groups attached to an aromatic ring is 1. The Hall–Kier alpha value is -0.870. The van der Waals surface area contributed by atoms with Crippen LogP contribution in [-0.2, 0) is 0 Å². The molecule has 0 unspecified atom stereocenters. The fourth-order valence-electron chi connectivity index (χ4n) is 1.07. The topological polar surface area (TPSA) is 64.9 Å². The molecular weight excluding hydrogens is 230 g/mol. The molecule has 0 fully saturated rings. The van der Waals surface area contributed by atoms with E-state index in [1.807, 2.05) is 6.07 Å². The molecule has 0 saturated heterocycles. The van der Waals surface area contributed by atoms with Crippen molar-refractivity contribution in [2.24, 2.45) is 5.73 Å². The fourth-order valence-corrected chi connectivity index (χ4v) is 1.42. The van der Waals surface area contributed by atoms with Gasteiger partial charge >= 0.3 is 0 Å². The average molecular weight is 242 g/mol. The molecule has 0 amide bonds. The molecule has 13 heavy (non-hydrogen) atoms. The first-order valence-electron chi connectivity index (χ1n) is 3.92. The van der Waals surface area contributed by atoms with Crippen LogP contribution in [0.4, 0.5) is 5.82 Å². The van der Waals surface area contributed by atoms with E-state index in [1.54, 1.807) is 12.3 Å². The Morgan fingerprint density at radius 3 is 3.00 bits per heavy atom. The monoisotopic (exact) mass is 241 g/mol. The molecule has 70 valence electrons. The molecule has 4 N–H and O–H groups in total. The molecule has 0 saturated carbocycles. The zero-order chi connectivity index (χ0) is 9.84. The Morgan fingerprint density at radius 2 is 2.38 bits per heavy atom. The van der Waals surface area contributed by atoms with Crippen LogP contribution in [0.5, 0.6) is 0 Å². The predicted octanol–water partition coefficient (Wildman–Crippen LogP) is 2.00. The highest BCUT2D eigenvalue weighted by Gasteiger charge is 2.09. The Bertz CT molecular complexity index is 312. The van der Waals surface area contributed by atoms with Gasteiger partial charge in [-0.05, 0) is 28.4 Å². The number of rotatable bonds is 3. The van der Waals surface area contributed by atoms with Crippen LogP contribution in [-0.4, -0.2) is 4.98 Å². The van der Waals surface area contributed by atoms with Gasteiger partial charge in [0.05, 0.1) is 0 Å². The maximum atomic E-state index is 5.86. The average Bonchev–Trinajstić information content (AvgIpc) is 2.09. The summed E-state index contributed by atoms with van der Waals surface area (Å²) in [5, 5.41) is 0. The molecule has 1 rings (SSSR count). The quantitative estimate of drug-likeness (QED) is 0.796. The Morgan fingerprint density at radius 1 is 1.69 bits per heavy atom. The largest absolute Gasteiger partial charge is 0.383 e. The van der Waals surface area contributed by atoms with Crippen molar-refractivity contribution in [1.29, 1.82) is 0 Å². The zero-order valence-electron chi connectivity index (χ0n) is 7.20. The van der Waals surface area contributed by atoms with Gasteiger partial charge in [0.1, 0.15) is 5.82 Å². The summed E-state index contributed by atoms with van der Waals surface area (Å²) in [7, 11) is 0. The minimum Gasteiger partial charge on any atom is -0.383 e. The molecule has 0 radical (unpaired) electrons. The second kappa shape index (κ2) is 4.39. The minimum absolute atomic E-state index is 0.123. The van der Waals surface area contributed by atoms with Crippen LogP contribution in [0, 0.1) is 0 Å². The van der Waals surface area contributed by atoms with Gasteiger partial charge in [-0.2, -0.15) is 0 Å². The van der Waals surface area contributed by atoms with Crippen molar-refractivity contribution in [2.45, 2.75) is 12.5 Å². The molecule has 0 spiro atoms. The van der Waals surface area contributed by atoms with E-state index in [-0.39, 0.29) is 6.04 Å². The van der Waals surface area contributed by atoms with Gasteiger partial charge in [-0.3, -0.25) is 0 Å². The zero-order valence-corrected chi connectivity index (χ0v) is 8.79. The SMILES string of the molecule is C=CC[C@@H](N)c1cc(Br)cnc1N. The highest BCUT2D eigenvalue weighted by atomic mass is 79.9. The summed E-state index contributed by atoms with van der Waals surface area (Å²) in [4.78, 5) is 4.00. The van der Waals surface area contributed by atoms with E-state index in [0.29, 0.717) is 12.2 Å². The van der Waals surface area contributed by atoms with Crippen LogP contribution < -0.4 is 11.5 Å². The van der Waals surface area contributed by atoms with Crippen molar-refractivity contribution in [3.63, 3.8) is 0 Å². The Kier molecular flexibility index (Phi) is 3.45. The van der Waals surface area contributed by atoms with Crippen molar-refractivity contribution >= 4 is 21.7 Å². The summed E-state index contributed by atoms with van der Waals surface area (Å²) >= 11 is 3.32. The van der Waals surface area contributed by atoms with Crippen molar-refractivity contribution in [2.75, 3.05) is 5.73 Å². The van der Waals surface area contributed by atoms with E-state index in [9.17, 15) is 0 Å². The lowest BCUT2D eigenvalue weighted by Crippen LogP contribution is -2.12. The molecular formula is C9H12BrN3. The van der Waals surface area contributed by atoms with Gasteiger partial charge < -0.3 is 11.5 Å². The molecule has 0 aliphatic heterocycles. The van der Waals surface area contributed by atoms with E-state index in [4.69, 9.17) is 11.5 Å². The van der Waals surface area contributed by atoms with Crippen molar-refractivity contribution in [1.82, 2.24) is 4.98 Å². The van der Waals surface area contributed by atoms with Crippen molar-refractivity contribution in [3.05, 3.63) is 35.0 Å². The van der Waals surface area contributed by atoms with Gasteiger partial charge in [0.25, 0.3) is 0 Å². The maximum absolute atomic E-state index is 5.86. The number of nitrogens with zero attached hydrogens (tertiary/aromatic N) is 1. The van der Waals surface area contributed by atoms with E-state index < -0.39 is 0 Å². The second-order valence-electron chi connectivity index (χ2n) is 2.76.